The molecule has 1 aliphatic heterocycles. The van der Waals surface area contributed by atoms with Crippen molar-refractivity contribution in [2.45, 2.75) is 19.3 Å². The van der Waals surface area contributed by atoms with Crippen LogP contribution in [0.25, 0.3) is 6.08 Å². The van der Waals surface area contributed by atoms with Gasteiger partial charge >= 0.3 is 0 Å². The van der Waals surface area contributed by atoms with Crippen molar-refractivity contribution in [3.05, 3.63) is 66.6 Å². The van der Waals surface area contributed by atoms with Crippen LogP contribution in [-0.2, 0) is 5.41 Å². The summed E-state index contributed by atoms with van der Waals surface area (Å²) in [5, 5.41) is 0.0441. The Labute approximate surface area is 121 Å². The summed E-state index contributed by atoms with van der Waals surface area (Å²) in [7, 11) is 1.96. The van der Waals surface area contributed by atoms with Crippen LogP contribution in [0.5, 0.6) is 0 Å². The molecule has 0 amide bonds. The van der Waals surface area contributed by atoms with Crippen molar-refractivity contribution in [2.75, 3.05) is 11.9 Å². The fourth-order valence-electron chi connectivity index (χ4n) is 2.91. The van der Waals surface area contributed by atoms with Crippen molar-refractivity contribution in [2.24, 2.45) is 0 Å². The zero-order valence-corrected chi connectivity index (χ0v) is 12.3. The number of rotatable bonds is 1. The van der Waals surface area contributed by atoms with E-state index < -0.39 is 10.9 Å². The van der Waals surface area contributed by atoms with Crippen molar-refractivity contribution in [1.29, 1.82) is 0 Å². The van der Waals surface area contributed by atoms with Gasteiger partial charge in [-0.3, -0.25) is 9.59 Å². The van der Waals surface area contributed by atoms with Crippen LogP contribution in [0, 0.1) is 0 Å². The second-order valence-electron chi connectivity index (χ2n) is 5.62. The number of fused-ring (bicyclic) bond motifs is 1. The van der Waals surface area contributed by atoms with Crippen molar-refractivity contribution in [1.82, 2.24) is 0 Å². The van der Waals surface area contributed by atoms with Gasteiger partial charge in [0.15, 0.2) is 0 Å². The van der Waals surface area contributed by atoms with Gasteiger partial charge in [-0.15, -0.1) is 0 Å². The van der Waals surface area contributed by atoms with Gasteiger partial charge in [0.25, 0.3) is 0 Å². The van der Waals surface area contributed by atoms with Crippen LogP contribution in [0.3, 0.4) is 0 Å². The third kappa shape index (κ3) is 1.53. The molecule has 0 aromatic heterocycles. The zero-order chi connectivity index (χ0) is 14.7. The van der Waals surface area contributed by atoms with Gasteiger partial charge in [0.2, 0.25) is 10.9 Å². The summed E-state index contributed by atoms with van der Waals surface area (Å²) < 4.78 is 0. The van der Waals surface area contributed by atoms with Crippen LogP contribution in [0.15, 0.2) is 39.6 Å². The first kappa shape index (κ1) is 13.1. The number of hydrogen-bond donors (Lipinski definition) is 0. The van der Waals surface area contributed by atoms with Crippen LogP contribution in [0.2, 0.25) is 5.02 Å². The van der Waals surface area contributed by atoms with Crippen LogP contribution in [0.1, 0.15) is 25.0 Å². The summed E-state index contributed by atoms with van der Waals surface area (Å²) in [6.45, 7) is 4.20. The summed E-state index contributed by atoms with van der Waals surface area (Å²) in [5.74, 6) is 0. The zero-order valence-electron chi connectivity index (χ0n) is 11.5. The molecule has 0 fully saturated rings. The minimum atomic E-state index is -0.588. The minimum absolute atomic E-state index is 0.0441. The van der Waals surface area contributed by atoms with Gasteiger partial charge in [-0.25, -0.2) is 0 Å². The molecule has 0 radical (unpaired) electrons. The fraction of sp³-hybridized carbons (Fsp3) is 0.250. The highest BCUT2D eigenvalue weighted by Crippen LogP contribution is 2.47. The lowest BCUT2D eigenvalue weighted by molar-refractivity contribution is 0.645. The number of anilines is 1. The number of nitrogens with zero attached hydrogens (tertiary/aromatic N) is 1. The summed E-state index contributed by atoms with van der Waals surface area (Å²) in [4.78, 5) is 24.9. The number of para-hydroxylation sites is 1. The molecule has 0 bridgehead atoms. The minimum Gasteiger partial charge on any atom is -0.347 e. The van der Waals surface area contributed by atoms with E-state index in [1.54, 1.807) is 6.08 Å². The summed E-state index contributed by atoms with van der Waals surface area (Å²) in [6.07, 6.45) is 1.74. The first-order chi connectivity index (χ1) is 9.35. The Morgan fingerprint density at radius 1 is 1.15 bits per heavy atom. The predicted molar refractivity (Wildman–Crippen MR) is 82.2 cm³/mol. The van der Waals surface area contributed by atoms with Crippen LogP contribution in [-0.4, -0.2) is 7.05 Å². The maximum atomic E-state index is 11.6. The standard InChI is InChI=1S/C16H14ClNO2/c1-16(2)10-6-4-5-7-11(10)18(3)12(16)8-9-13(17)15(20)14(9)19/h4-8H,1-3H3/b12-8+. The van der Waals surface area contributed by atoms with E-state index in [2.05, 4.69) is 19.9 Å². The second kappa shape index (κ2) is 4.06. The molecule has 2 aromatic carbocycles. The topological polar surface area (TPSA) is 37.4 Å². The van der Waals surface area contributed by atoms with Gasteiger partial charge in [-0.05, 0) is 17.7 Å². The first-order valence-corrected chi connectivity index (χ1v) is 6.77. The Balaban J connectivity index is 2.18. The van der Waals surface area contributed by atoms with E-state index in [-0.39, 0.29) is 10.4 Å². The monoisotopic (exact) mass is 287 g/mol. The number of allylic oxidation sites excluding steroid dienone is 1. The molecule has 3 rings (SSSR count). The van der Waals surface area contributed by atoms with E-state index in [1.165, 1.54) is 5.56 Å². The van der Waals surface area contributed by atoms with Crippen LogP contribution < -0.4 is 15.8 Å². The Morgan fingerprint density at radius 3 is 2.40 bits per heavy atom. The highest BCUT2D eigenvalue weighted by molar-refractivity contribution is 6.32. The van der Waals surface area contributed by atoms with Gasteiger partial charge < -0.3 is 4.90 Å². The average Bonchev–Trinajstić information content (AvgIpc) is 2.64. The summed E-state index contributed by atoms with van der Waals surface area (Å²) in [5.41, 5.74) is 2.28. The highest BCUT2D eigenvalue weighted by atomic mass is 35.5. The summed E-state index contributed by atoms with van der Waals surface area (Å²) in [6, 6.07) is 8.11. The summed E-state index contributed by atoms with van der Waals surface area (Å²) >= 11 is 5.84. The van der Waals surface area contributed by atoms with Crippen molar-refractivity contribution in [3.8, 4) is 0 Å². The lowest BCUT2D eigenvalue weighted by Crippen LogP contribution is -2.35. The van der Waals surface area contributed by atoms with E-state index in [0.29, 0.717) is 5.56 Å². The Bertz CT molecular complexity index is 810. The molecule has 20 heavy (non-hydrogen) atoms. The number of benzene rings is 1. The van der Waals surface area contributed by atoms with Crippen molar-refractivity contribution >= 4 is 23.4 Å². The molecule has 0 saturated heterocycles. The van der Waals surface area contributed by atoms with E-state index in [0.717, 1.165) is 11.4 Å². The largest absolute Gasteiger partial charge is 0.347 e. The van der Waals surface area contributed by atoms with E-state index >= 15 is 0 Å². The van der Waals surface area contributed by atoms with Gasteiger partial charge in [0, 0.05) is 23.8 Å². The molecular formula is C16H14ClNO2. The molecule has 0 spiro atoms. The molecule has 102 valence electrons. The Kier molecular flexibility index (Phi) is 2.67. The molecule has 4 heteroatoms. The van der Waals surface area contributed by atoms with Crippen molar-refractivity contribution < 1.29 is 0 Å². The third-order valence-electron chi connectivity index (χ3n) is 4.11. The lowest BCUT2D eigenvalue weighted by atomic mass is 9.83. The fourth-order valence-corrected chi connectivity index (χ4v) is 3.13. The Morgan fingerprint density at radius 2 is 1.80 bits per heavy atom. The molecule has 0 N–H and O–H groups in total. The quantitative estimate of drug-likeness (QED) is 0.757. The molecule has 0 saturated carbocycles. The van der Waals surface area contributed by atoms with Gasteiger partial charge in [0.05, 0.1) is 5.56 Å². The predicted octanol–water partition coefficient (Wildman–Crippen LogP) is 2.70. The second-order valence-corrected chi connectivity index (χ2v) is 5.99. The lowest BCUT2D eigenvalue weighted by Gasteiger charge is -2.24. The highest BCUT2D eigenvalue weighted by Gasteiger charge is 2.38. The van der Waals surface area contributed by atoms with Gasteiger partial charge in [-0.1, -0.05) is 43.6 Å². The molecule has 1 aliphatic rings. The first-order valence-electron chi connectivity index (χ1n) is 6.40. The van der Waals surface area contributed by atoms with Crippen LogP contribution in [0.4, 0.5) is 5.69 Å². The van der Waals surface area contributed by atoms with E-state index in [4.69, 9.17) is 11.6 Å². The molecule has 3 nitrogen and oxygen atoms in total. The normalized spacial score (nSPS) is 18.8. The van der Waals surface area contributed by atoms with E-state index in [1.807, 2.05) is 30.1 Å². The Hall–Kier alpha value is -1.87. The molecule has 0 atom stereocenters. The van der Waals surface area contributed by atoms with Gasteiger partial charge in [0.1, 0.15) is 5.02 Å². The number of halogens is 1. The average molecular weight is 288 g/mol. The van der Waals surface area contributed by atoms with Crippen LogP contribution >= 0.6 is 11.6 Å². The van der Waals surface area contributed by atoms with Crippen molar-refractivity contribution in [3.63, 3.8) is 0 Å². The molecule has 0 aliphatic carbocycles. The molecular weight excluding hydrogens is 274 g/mol. The molecule has 2 aromatic rings. The number of likely N-dealkylation sites (N-methyl/N-ethyl adjacent to an activating group) is 1. The van der Waals surface area contributed by atoms with Gasteiger partial charge in [-0.2, -0.15) is 0 Å². The third-order valence-corrected chi connectivity index (χ3v) is 4.48. The maximum absolute atomic E-state index is 11.6. The number of hydrogen-bond acceptors (Lipinski definition) is 3. The molecule has 1 heterocycles. The van der Waals surface area contributed by atoms with E-state index in [9.17, 15) is 9.59 Å². The maximum Gasteiger partial charge on any atom is 0.245 e. The smallest absolute Gasteiger partial charge is 0.245 e. The molecule has 0 unspecified atom stereocenters. The SMILES string of the molecule is CN1/C(=C/c2c(Cl)c(=O)c2=O)C(C)(C)c2ccccc21.